The van der Waals surface area contributed by atoms with Gasteiger partial charge in [0.2, 0.25) is 5.91 Å². The molecule has 4 nitrogen and oxygen atoms in total. The third-order valence-corrected chi connectivity index (χ3v) is 6.82. The monoisotopic (exact) mass is 415 g/mol. The standard InChI is InChI=1S/C21H22FN3OS2/c22-16-6-3-5-15(11-16)21-24-17(14-28-21)12-20(26)23-13-18(19-7-4-10-27-19)25-8-1-2-9-25/h3-7,10-11,14,18H,1-2,8-9,12-13H2,(H,23,26). The van der Waals surface area contributed by atoms with Gasteiger partial charge in [0, 0.05) is 22.4 Å². The predicted octanol–water partition coefficient (Wildman–Crippen LogP) is 4.51. The smallest absolute Gasteiger partial charge is 0.226 e. The largest absolute Gasteiger partial charge is 0.354 e. The van der Waals surface area contributed by atoms with Gasteiger partial charge in [-0.1, -0.05) is 18.2 Å². The first-order valence-corrected chi connectivity index (χ1v) is 11.2. The van der Waals surface area contributed by atoms with E-state index < -0.39 is 0 Å². The van der Waals surface area contributed by atoms with Crippen LogP contribution in [-0.4, -0.2) is 35.4 Å². The first kappa shape index (κ1) is 19.2. The molecule has 1 fully saturated rings. The normalized spacial score (nSPS) is 15.6. The first-order valence-electron chi connectivity index (χ1n) is 9.43. The van der Waals surface area contributed by atoms with Crippen LogP contribution in [0.15, 0.2) is 47.2 Å². The molecule has 1 aliphatic heterocycles. The Kier molecular flexibility index (Phi) is 6.14. The topological polar surface area (TPSA) is 45.2 Å². The van der Waals surface area contributed by atoms with Crippen molar-refractivity contribution in [2.45, 2.75) is 25.3 Å². The van der Waals surface area contributed by atoms with Gasteiger partial charge in [-0.2, -0.15) is 0 Å². The lowest BCUT2D eigenvalue weighted by atomic mass is 10.2. The van der Waals surface area contributed by atoms with E-state index in [-0.39, 0.29) is 24.2 Å². The van der Waals surface area contributed by atoms with Crippen molar-refractivity contribution in [3.63, 3.8) is 0 Å². The molecule has 1 N–H and O–H groups in total. The van der Waals surface area contributed by atoms with Crippen LogP contribution in [0.4, 0.5) is 4.39 Å². The number of amides is 1. The summed E-state index contributed by atoms with van der Waals surface area (Å²) in [5.74, 6) is -0.314. The molecule has 146 valence electrons. The minimum Gasteiger partial charge on any atom is -0.354 e. The average molecular weight is 416 g/mol. The highest BCUT2D eigenvalue weighted by atomic mass is 32.1. The molecule has 1 saturated heterocycles. The van der Waals surface area contributed by atoms with Gasteiger partial charge in [0.05, 0.1) is 18.2 Å². The van der Waals surface area contributed by atoms with Crippen molar-refractivity contribution in [1.29, 1.82) is 0 Å². The zero-order chi connectivity index (χ0) is 19.3. The molecule has 0 spiro atoms. The number of hydrogen-bond donors (Lipinski definition) is 1. The van der Waals surface area contributed by atoms with Crippen molar-refractivity contribution >= 4 is 28.6 Å². The summed E-state index contributed by atoms with van der Waals surface area (Å²) in [6.07, 6.45) is 2.68. The van der Waals surface area contributed by atoms with E-state index in [1.807, 2.05) is 11.4 Å². The molecule has 0 saturated carbocycles. The van der Waals surface area contributed by atoms with E-state index in [4.69, 9.17) is 0 Å². The number of benzene rings is 1. The van der Waals surface area contributed by atoms with Crippen LogP contribution in [0.2, 0.25) is 0 Å². The molecule has 1 atom stereocenters. The van der Waals surface area contributed by atoms with E-state index in [0.29, 0.717) is 6.54 Å². The molecule has 2 aromatic heterocycles. The van der Waals surface area contributed by atoms with Crippen LogP contribution in [0, 0.1) is 5.82 Å². The second-order valence-corrected chi connectivity index (χ2v) is 8.75. The van der Waals surface area contributed by atoms with E-state index in [0.717, 1.165) is 29.4 Å². The second-order valence-electron chi connectivity index (χ2n) is 6.91. The van der Waals surface area contributed by atoms with Crippen LogP contribution in [0.1, 0.15) is 29.5 Å². The highest BCUT2D eigenvalue weighted by molar-refractivity contribution is 7.13. The summed E-state index contributed by atoms with van der Waals surface area (Å²) >= 11 is 3.17. The van der Waals surface area contributed by atoms with Crippen molar-refractivity contribution in [1.82, 2.24) is 15.2 Å². The van der Waals surface area contributed by atoms with Crippen LogP contribution in [0.5, 0.6) is 0 Å². The Morgan fingerprint density at radius 3 is 2.82 bits per heavy atom. The fourth-order valence-corrected chi connectivity index (χ4v) is 5.20. The van der Waals surface area contributed by atoms with Gasteiger partial charge >= 0.3 is 0 Å². The van der Waals surface area contributed by atoms with Gasteiger partial charge in [0.15, 0.2) is 0 Å². The fraction of sp³-hybridized carbons (Fsp3) is 0.333. The highest BCUT2D eigenvalue weighted by Crippen LogP contribution is 2.28. The van der Waals surface area contributed by atoms with E-state index in [9.17, 15) is 9.18 Å². The molecule has 7 heteroatoms. The van der Waals surface area contributed by atoms with Crippen molar-refractivity contribution in [3.05, 3.63) is 63.5 Å². The summed E-state index contributed by atoms with van der Waals surface area (Å²) in [5, 5.41) is 7.78. The van der Waals surface area contributed by atoms with Crippen molar-refractivity contribution in [3.8, 4) is 10.6 Å². The van der Waals surface area contributed by atoms with Gasteiger partial charge in [0.25, 0.3) is 0 Å². The lowest BCUT2D eigenvalue weighted by Gasteiger charge is -2.26. The van der Waals surface area contributed by atoms with Gasteiger partial charge in [-0.25, -0.2) is 9.37 Å². The van der Waals surface area contributed by atoms with Crippen molar-refractivity contribution < 1.29 is 9.18 Å². The number of thiophene rings is 1. The van der Waals surface area contributed by atoms with E-state index in [1.165, 1.54) is 41.2 Å². The summed E-state index contributed by atoms with van der Waals surface area (Å²) in [5.41, 5.74) is 1.46. The summed E-state index contributed by atoms with van der Waals surface area (Å²) in [6, 6.07) is 10.8. The van der Waals surface area contributed by atoms with Crippen LogP contribution < -0.4 is 5.32 Å². The van der Waals surface area contributed by atoms with Gasteiger partial charge < -0.3 is 5.32 Å². The van der Waals surface area contributed by atoms with E-state index in [2.05, 4.69) is 32.7 Å². The molecule has 1 unspecified atom stereocenters. The fourth-order valence-electron chi connectivity index (χ4n) is 3.52. The minimum atomic E-state index is -0.284. The lowest BCUT2D eigenvalue weighted by Crippen LogP contribution is -2.37. The minimum absolute atomic E-state index is 0.0307. The third-order valence-electron chi connectivity index (χ3n) is 4.91. The third kappa shape index (κ3) is 4.66. The molecular weight excluding hydrogens is 393 g/mol. The molecule has 28 heavy (non-hydrogen) atoms. The number of carbonyl (C=O) groups is 1. The second kappa shape index (κ2) is 8.94. The molecule has 1 aromatic carbocycles. The maximum absolute atomic E-state index is 13.4. The Morgan fingerprint density at radius 2 is 2.07 bits per heavy atom. The number of halogens is 1. The molecule has 0 radical (unpaired) electrons. The Balaban J connectivity index is 1.36. The first-order chi connectivity index (χ1) is 13.7. The summed E-state index contributed by atoms with van der Waals surface area (Å²) in [4.78, 5) is 20.7. The molecule has 0 aliphatic carbocycles. The maximum atomic E-state index is 13.4. The van der Waals surface area contributed by atoms with Crippen LogP contribution in [0.25, 0.3) is 10.6 Å². The zero-order valence-electron chi connectivity index (χ0n) is 15.4. The number of nitrogens with zero attached hydrogens (tertiary/aromatic N) is 2. The number of likely N-dealkylation sites (tertiary alicyclic amines) is 1. The van der Waals surface area contributed by atoms with E-state index >= 15 is 0 Å². The van der Waals surface area contributed by atoms with Gasteiger partial charge in [0.1, 0.15) is 10.8 Å². The predicted molar refractivity (Wildman–Crippen MR) is 112 cm³/mol. The molecule has 4 rings (SSSR count). The Labute approximate surface area is 172 Å². The van der Waals surface area contributed by atoms with Crippen molar-refractivity contribution in [2.24, 2.45) is 0 Å². The lowest BCUT2D eigenvalue weighted by molar-refractivity contribution is -0.120. The van der Waals surface area contributed by atoms with Crippen molar-refractivity contribution in [2.75, 3.05) is 19.6 Å². The Bertz CT molecular complexity index is 919. The molecule has 0 bridgehead atoms. The quantitative estimate of drug-likeness (QED) is 0.618. The van der Waals surface area contributed by atoms with Crippen LogP contribution in [-0.2, 0) is 11.2 Å². The van der Waals surface area contributed by atoms with Crippen LogP contribution >= 0.6 is 22.7 Å². The SMILES string of the molecule is O=C(Cc1csc(-c2cccc(F)c2)n1)NCC(c1cccs1)N1CCCC1. The average Bonchev–Trinajstić information content (AvgIpc) is 3.45. The maximum Gasteiger partial charge on any atom is 0.226 e. The Hall–Kier alpha value is -2.09. The molecule has 3 heterocycles. The number of aromatic nitrogens is 1. The summed E-state index contributed by atoms with van der Waals surface area (Å²) in [6.45, 7) is 2.78. The molecular formula is C21H22FN3OS2. The Morgan fingerprint density at radius 1 is 1.21 bits per heavy atom. The van der Waals surface area contributed by atoms with E-state index in [1.54, 1.807) is 17.4 Å². The zero-order valence-corrected chi connectivity index (χ0v) is 17.1. The van der Waals surface area contributed by atoms with Gasteiger partial charge in [-0.3, -0.25) is 9.69 Å². The molecule has 1 aliphatic rings. The number of nitrogens with one attached hydrogen (secondary N) is 1. The van der Waals surface area contributed by atoms with Gasteiger partial charge in [-0.15, -0.1) is 22.7 Å². The summed E-state index contributed by atoms with van der Waals surface area (Å²) < 4.78 is 13.4. The number of thiazole rings is 1. The number of rotatable bonds is 7. The number of carbonyl (C=O) groups excluding carboxylic acids is 1. The molecule has 1 amide bonds. The van der Waals surface area contributed by atoms with Gasteiger partial charge in [-0.05, 0) is 49.5 Å². The summed E-state index contributed by atoms with van der Waals surface area (Å²) in [7, 11) is 0. The highest BCUT2D eigenvalue weighted by Gasteiger charge is 2.24. The molecule has 3 aromatic rings. The van der Waals surface area contributed by atoms with Crippen LogP contribution in [0.3, 0.4) is 0 Å². The number of hydrogen-bond acceptors (Lipinski definition) is 5.